The van der Waals surface area contributed by atoms with Crippen molar-refractivity contribution in [2.24, 2.45) is 5.92 Å². The molecule has 0 amide bonds. The third kappa shape index (κ3) is 3.45. The molecule has 5 atom stereocenters. The standard InChI is InChI=1S/C32H33N7O/c1-17-39-27-9-6-18(25-15-34-31(37-25)24-3-2-10-33-24)11-21(27)13-28(39)23-8-5-19(14-29(23)40-17)26-16-35-32(38-26)30-20-4-7-22(12-20)36-30/h5-6,8-9,11,13-17,20,22,24,30,33,36H,2-4,7,10,12H2,1H3,(H,34,37)(H,35,38)/t17?,20-,22+,24-,30-/m0/s1. The fourth-order valence-corrected chi connectivity index (χ4v) is 7.62. The van der Waals surface area contributed by atoms with Crippen LogP contribution in [0.15, 0.2) is 54.9 Å². The molecule has 2 saturated heterocycles. The van der Waals surface area contributed by atoms with Crippen molar-refractivity contribution in [1.29, 1.82) is 0 Å². The molecule has 2 bridgehead atoms. The van der Waals surface area contributed by atoms with Crippen LogP contribution in [0.25, 0.3) is 44.7 Å². The van der Waals surface area contributed by atoms with Gasteiger partial charge in [0.25, 0.3) is 0 Å². The molecular formula is C32H33N7O. The van der Waals surface area contributed by atoms with Gasteiger partial charge in [-0.3, -0.25) is 0 Å². The largest absolute Gasteiger partial charge is 0.470 e. The molecule has 3 aliphatic heterocycles. The molecule has 3 aromatic heterocycles. The van der Waals surface area contributed by atoms with E-state index in [1.54, 1.807) is 0 Å². The van der Waals surface area contributed by atoms with Gasteiger partial charge in [-0.25, -0.2) is 9.97 Å². The van der Waals surface area contributed by atoms with Gasteiger partial charge in [-0.05, 0) is 81.8 Å². The number of hydrogen-bond acceptors (Lipinski definition) is 5. The second-order valence-electron chi connectivity index (χ2n) is 12.0. The first kappa shape index (κ1) is 22.9. The van der Waals surface area contributed by atoms with E-state index in [0.717, 1.165) is 58.4 Å². The van der Waals surface area contributed by atoms with Gasteiger partial charge in [-0.15, -0.1) is 0 Å². The molecule has 2 aromatic carbocycles. The molecule has 4 N–H and O–H groups in total. The van der Waals surface area contributed by atoms with Crippen LogP contribution in [0.5, 0.6) is 5.75 Å². The van der Waals surface area contributed by atoms with Gasteiger partial charge in [0.15, 0.2) is 6.23 Å². The fourth-order valence-electron chi connectivity index (χ4n) is 7.62. The van der Waals surface area contributed by atoms with E-state index in [9.17, 15) is 0 Å². The molecule has 202 valence electrons. The van der Waals surface area contributed by atoms with Crippen LogP contribution in [0.4, 0.5) is 0 Å². The van der Waals surface area contributed by atoms with Gasteiger partial charge in [0.1, 0.15) is 17.4 Å². The molecule has 9 rings (SSSR count). The van der Waals surface area contributed by atoms with Crippen molar-refractivity contribution < 1.29 is 4.74 Å². The van der Waals surface area contributed by atoms with Crippen LogP contribution < -0.4 is 15.4 Å². The Morgan fingerprint density at radius 3 is 2.52 bits per heavy atom. The molecule has 40 heavy (non-hydrogen) atoms. The maximum absolute atomic E-state index is 6.50. The van der Waals surface area contributed by atoms with Crippen molar-refractivity contribution in [1.82, 2.24) is 35.1 Å². The quantitative estimate of drug-likeness (QED) is 0.220. The summed E-state index contributed by atoms with van der Waals surface area (Å²) in [4.78, 5) is 16.6. The van der Waals surface area contributed by atoms with Crippen molar-refractivity contribution in [2.75, 3.05) is 6.54 Å². The van der Waals surface area contributed by atoms with Crippen molar-refractivity contribution in [3.05, 3.63) is 66.5 Å². The van der Waals surface area contributed by atoms with Gasteiger partial charge in [0, 0.05) is 28.1 Å². The lowest BCUT2D eigenvalue weighted by atomic mass is 9.99. The number of fused-ring (bicyclic) bond motifs is 7. The number of H-pyrrole nitrogens is 2. The van der Waals surface area contributed by atoms with E-state index in [1.165, 1.54) is 42.3 Å². The molecule has 8 nitrogen and oxygen atoms in total. The minimum Gasteiger partial charge on any atom is -0.470 e. The topological polar surface area (TPSA) is 95.6 Å². The number of piperidine rings is 1. The summed E-state index contributed by atoms with van der Waals surface area (Å²) in [5.74, 6) is 3.72. The average molecular weight is 532 g/mol. The Kier molecular flexibility index (Phi) is 4.90. The number of nitrogens with one attached hydrogen (secondary N) is 4. The predicted octanol–water partition coefficient (Wildman–Crippen LogP) is 6.24. The molecule has 6 heterocycles. The molecule has 5 aromatic rings. The van der Waals surface area contributed by atoms with Gasteiger partial charge < -0.3 is 29.9 Å². The number of benzene rings is 2. The van der Waals surface area contributed by atoms with Gasteiger partial charge in [-0.1, -0.05) is 12.1 Å². The van der Waals surface area contributed by atoms with E-state index >= 15 is 0 Å². The zero-order chi connectivity index (χ0) is 26.4. The lowest BCUT2D eigenvalue weighted by Gasteiger charge is -2.27. The molecule has 0 radical (unpaired) electrons. The van der Waals surface area contributed by atoms with Crippen LogP contribution in [-0.4, -0.2) is 37.1 Å². The Morgan fingerprint density at radius 1 is 0.900 bits per heavy atom. The molecule has 4 aliphatic rings. The van der Waals surface area contributed by atoms with E-state index in [2.05, 4.69) is 79.5 Å². The number of ether oxygens (including phenoxy) is 1. The Balaban J connectivity index is 1.04. The lowest BCUT2D eigenvalue weighted by molar-refractivity contribution is 0.152. The average Bonchev–Trinajstić information content (AvgIpc) is 3.81. The van der Waals surface area contributed by atoms with E-state index in [0.29, 0.717) is 24.0 Å². The Labute approximate surface area is 232 Å². The number of aromatic nitrogens is 5. The zero-order valence-corrected chi connectivity index (χ0v) is 22.6. The van der Waals surface area contributed by atoms with Gasteiger partial charge in [0.2, 0.25) is 0 Å². The minimum absolute atomic E-state index is 0.108. The maximum atomic E-state index is 6.50. The smallest absolute Gasteiger partial charge is 0.173 e. The highest BCUT2D eigenvalue weighted by Gasteiger charge is 2.41. The summed E-state index contributed by atoms with van der Waals surface area (Å²) in [6.07, 6.45) is 10.0. The van der Waals surface area contributed by atoms with Crippen molar-refractivity contribution in [2.45, 2.75) is 63.4 Å². The van der Waals surface area contributed by atoms with Crippen molar-refractivity contribution in [3.8, 4) is 39.5 Å². The second kappa shape index (κ2) is 8.56. The van der Waals surface area contributed by atoms with Gasteiger partial charge in [0.05, 0.1) is 47.1 Å². The molecule has 8 heteroatoms. The van der Waals surface area contributed by atoms with E-state index in [4.69, 9.17) is 9.72 Å². The SMILES string of the molecule is CC1Oc2cc(-c3cnc([C@H]4N[C@@H]5CC[C@H]4C5)[nH]3)ccc2-c2cc3cc(-c4cnc([C@@H]5CCCN5)[nH]4)ccc3n21. The normalized spacial score (nSPS) is 26.8. The molecule has 1 aliphatic carbocycles. The van der Waals surface area contributed by atoms with Crippen molar-refractivity contribution in [3.63, 3.8) is 0 Å². The third-order valence-electron chi connectivity index (χ3n) is 9.62. The zero-order valence-electron chi connectivity index (χ0n) is 22.6. The summed E-state index contributed by atoms with van der Waals surface area (Å²) in [6, 6.07) is 16.8. The summed E-state index contributed by atoms with van der Waals surface area (Å²) in [5, 5.41) is 8.48. The van der Waals surface area contributed by atoms with Crippen LogP contribution in [0.2, 0.25) is 0 Å². The Hall–Kier alpha value is -3.88. The second-order valence-corrected chi connectivity index (χ2v) is 12.0. The highest BCUT2D eigenvalue weighted by Crippen LogP contribution is 2.45. The highest BCUT2D eigenvalue weighted by molar-refractivity contribution is 5.92. The fraction of sp³-hybridized carbons (Fsp3) is 0.375. The highest BCUT2D eigenvalue weighted by atomic mass is 16.5. The predicted molar refractivity (Wildman–Crippen MR) is 155 cm³/mol. The number of imidazole rings is 2. The lowest BCUT2D eigenvalue weighted by Crippen LogP contribution is -2.29. The maximum Gasteiger partial charge on any atom is 0.173 e. The van der Waals surface area contributed by atoms with E-state index in [1.807, 2.05) is 12.4 Å². The number of aromatic amines is 2. The Morgan fingerprint density at radius 2 is 1.73 bits per heavy atom. The van der Waals surface area contributed by atoms with E-state index < -0.39 is 0 Å². The van der Waals surface area contributed by atoms with Crippen LogP contribution in [0.1, 0.15) is 69.0 Å². The third-order valence-corrected chi connectivity index (χ3v) is 9.62. The Bertz CT molecular complexity index is 1760. The summed E-state index contributed by atoms with van der Waals surface area (Å²) < 4.78 is 8.80. The van der Waals surface area contributed by atoms with E-state index in [-0.39, 0.29) is 6.23 Å². The van der Waals surface area contributed by atoms with Gasteiger partial charge in [-0.2, -0.15) is 0 Å². The molecular weight excluding hydrogens is 498 g/mol. The first-order valence-corrected chi connectivity index (χ1v) is 14.7. The van der Waals surface area contributed by atoms with Crippen LogP contribution in [0.3, 0.4) is 0 Å². The minimum atomic E-state index is -0.108. The van der Waals surface area contributed by atoms with Crippen LogP contribution >= 0.6 is 0 Å². The van der Waals surface area contributed by atoms with Crippen LogP contribution in [-0.2, 0) is 0 Å². The molecule has 1 unspecified atom stereocenters. The number of nitrogens with zero attached hydrogens (tertiary/aromatic N) is 3. The number of rotatable bonds is 4. The number of hydrogen-bond donors (Lipinski definition) is 4. The van der Waals surface area contributed by atoms with Gasteiger partial charge >= 0.3 is 0 Å². The summed E-state index contributed by atoms with van der Waals surface area (Å²) in [6.45, 7) is 3.19. The first-order valence-electron chi connectivity index (χ1n) is 14.7. The summed E-state index contributed by atoms with van der Waals surface area (Å²) in [5.41, 5.74) is 7.83. The van der Waals surface area contributed by atoms with Crippen molar-refractivity contribution >= 4 is 10.9 Å². The monoisotopic (exact) mass is 531 g/mol. The summed E-state index contributed by atoms with van der Waals surface area (Å²) >= 11 is 0. The molecule has 3 fully saturated rings. The van der Waals surface area contributed by atoms with Crippen LogP contribution in [0, 0.1) is 5.92 Å². The molecule has 0 spiro atoms. The molecule has 1 saturated carbocycles. The first-order chi connectivity index (χ1) is 19.7. The summed E-state index contributed by atoms with van der Waals surface area (Å²) in [7, 11) is 0.